The van der Waals surface area contributed by atoms with E-state index in [0.29, 0.717) is 6.54 Å². The summed E-state index contributed by atoms with van der Waals surface area (Å²) in [6, 6.07) is 7.65. The number of carboxylic acids is 1. The first kappa shape index (κ1) is 12.6. The van der Waals surface area contributed by atoms with Gasteiger partial charge in [0.05, 0.1) is 0 Å². The summed E-state index contributed by atoms with van der Waals surface area (Å²) in [4.78, 5) is 10.8. The number of nitrogens with one attached hydrogen (secondary N) is 1. The Hall–Kier alpha value is -1.81. The van der Waals surface area contributed by atoms with Crippen molar-refractivity contribution in [3.8, 4) is 0 Å². The number of carboxylic acid groups (broad SMARTS) is 1. The van der Waals surface area contributed by atoms with E-state index >= 15 is 0 Å². The van der Waals surface area contributed by atoms with Gasteiger partial charge >= 0.3 is 5.97 Å². The van der Waals surface area contributed by atoms with Gasteiger partial charge < -0.3 is 15.0 Å². The average molecular weight is 246 g/mol. The third-order valence-corrected chi connectivity index (χ3v) is 3.18. The predicted octanol–water partition coefficient (Wildman–Crippen LogP) is 2.22. The van der Waals surface area contributed by atoms with Crippen molar-refractivity contribution >= 4 is 16.9 Å². The first-order valence-electron chi connectivity index (χ1n) is 6.16. The molecule has 1 aromatic heterocycles. The maximum atomic E-state index is 10.8. The predicted molar refractivity (Wildman–Crippen MR) is 71.5 cm³/mol. The highest BCUT2D eigenvalue weighted by atomic mass is 16.4. The molecule has 0 saturated heterocycles. The second-order valence-corrected chi connectivity index (χ2v) is 4.40. The highest BCUT2D eigenvalue weighted by molar-refractivity contribution is 5.84. The lowest BCUT2D eigenvalue weighted by Crippen LogP contribution is -2.33. The number of aliphatic carboxylic acids is 1. The summed E-state index contributed by atoms with van der Waals surface area (Å²) >= 11 is 0. The van der Waals surface area contributed by atoms with Gasteiger partial charge in [-0.3, -0.25) is 4.79 Å². The van der Waals surface area contributed by atoms with Crippen LogP contribution in [-0.2, 0) is 17.9 Å². The quantitative estimate of drug-likeness (QED) is 0.850. The highest BCUT2D eigenvalue weighted by Gasteiger charge is 2.12. The van der Waals surface area contributed by atoms with E-state index in [9.17, 15) is 4.79 Å². The normalized spacial score (nSPS) is 12.8. The first-order valence-corrected chi connectivity index (χ1v) is 6.16. The first-order chi connectivity index (χ1) is 8.63. The molecule has 0 aliphatic heterocycles. The molecule has 0 spiro atoms. The molecule has 4 nitrogen and oxygen atoms in total. The molecule has 0 saturated carbocycles. The number of aryl methyl sites for hydroxylation is 1. The zero-order chi connectivity index (χ0) is 13.1. The fourth-order valence-electron chi connectivity index (χ4n) is 2.08. The summed E-state index contributed by atoms with van der Waals surface area (Å²) in [6.07, 6.45) is 2.09. The van der Waals surface area contributed by atoms with Gasteiger partial charge in [-0.2, -0.15) is 0 Å². The van der Waals surface area contributed by atoms with Crippen molar-refractivity contribution in [3.63, 3.8) is 0 Å². The highest BCUT2D eigenvalue weighted by Crippen LogP contribution is 2.21. The molecule has 0 radical (unpaired) electrons. The minimum atomic E-state index is -0.825. The van der Waals surface area contributed by atoms with Gasteiger partial charge in [0, 0.05) is 30.2 Å². The zero-order valence-electron chi connectivity index (χ0n) is 10.7. The van der Waals surface area contributed by atoms with Gasteiger partial charge in [0.1, 0.15) is 6.04 Å². The van der Waals surface area contributed by atoms with Crippen molar-refractivity contribution in [3.05, 3.63) is 36.0 Å². The molecule has 18 heavy (non-hydrogen) atoms. The van der Waals surface area contributed by atoms with Crippen LogP contribution in [0.4, 0.5) is 0 Å². The Morgan fingerprint density at radius 2 is 2.17 bits per heavy atom. The lowest BCUT2D eigenvalue weighted by atomic mass is 10.1. The second kappa shape index (κ2) is 5.23. The standard InChI is InChI=1S/C14H18N2O2/c1-3-16-9-11(8-15-10(2)14(17)18)12-6-4-5-7-13(12)16/h4-7,9-10,15H,3,8H2,1-2H3,(H,17,18). The van der Waals surface area contributed by atoms with Crippen molar-refractivity contribution in [1.29, 1.82) is 0 Å². The van der Waals surface area contributed by atoms with Gasteiger partial charge in [0.2, 0.25) is 0 Å². The summed E-state index contributed by atoms with van der Waals surface area (Å²) in [5.41, 5.74) is 2.33. The Bertz CT molecular complexity index is 560. The molecule has 0 aliphatic carbocycles. The number of para-hydroxylation sites is 1. The van der Waals surface area contributed by atoms with Crippen LogP contribution in [0.2, 0.25) is 0 Å². The van der Waals surface area contributed by atoms with Crippen LogP contribution in [-0.4, -0.2) is 21.7 Å². The number of aromatic nitrogens is 1. The van der Waals surface area contributed by atoms with Crippen LogP contribution < -0.4 is 5.32 Å². The van der Waals surface area contributed by atoms with Crippen LogP contribution in [0, 0.1) is 0 Å². The smallest absolute Gasteiger partial charge is 0.320 e. The molecule has 96 valence electrons. The molecule has 0 fully saturated rings. The summed E-state index contributed by atoms with van der Waals surface area (Å²) in [5, 5.41) is 13.1. The molecule has 2 aromatic rings. The minimum Gasteiger partial charge on any atom is -0.480 e. The van der Waals surface area contributed by atoms with E-state index in [2.05, 4.69) is 35.1 Å². The molecule has 1 atom stereocenters. The van der Waals surface area contributed by atoms with Gasteiger partial charge in [-0.15, -0.1) is 0 Å². The fraction of sp³-hybridized carbons (Fsp3) is 0.357. The van der Waals surface area contributed by atoms with Gasteiger partial charge in [-0.25, -0.2) is 0 Å². The lowest BCUT2D eigenvalue weighted by molar-refractivity contribution is -0.139. The molecule has 2 N–H and O–H groups in total. The number of hydrogen-bond acceptors (Lipinski definition) is 2. The summed E-state index contributed by atoms with van der Waals surface area (Å²) in [6.45, 7) is 5.24. The van der Waals surface area contributed by atoms with Crippen LogP contribution in [0.15, 0.2) is 30.5 Å². The van der Waals surface area contributed by atoms with Gasteiger partial charge in [-0.1, -0.05) is 18.2 Å². The van der Waals surface area contributed by atoms with E-state index < -0.39 is 12.0 Å². The molecular weight excluding hydrogens is 228 g/mol. The monoisotopic (exact) mass is 246 g/mol. The van der Waals surface area contributed by atoms with E-state index in [1.54, 1.807) is 6.92 Å². The number of hydrogen-bond donors (Lipinski definition) is 2. The molecule has 0 aliphatic rings. The maximum absolute atomic E-state index is 10.8. The average Bonchev–Trinajstić information content (AvgIpc) is 2.74. The molecule has 1 aromatic carbocycles. The van der Waals surface area contributed by atoms with E-state index in [-0.39, 0.29) is 0 Å². The minimum absolute atomic E-state index is 0.534. The summed E-state index contributed by atoms with van der Waals surface area (Å²) in [7, 11) is 0. The van der Waals surface area contributed by atoms with Crippen molar-refractivity contribution < 1.29 is 9.90 Å². The van der Waals surface area contributed by atoms with E-state index in [1.165, 1.54) is 10.9 Å². The largest absolute Gasteiger partial charge is 0.480 e. The Morgan fingerprint density at radius 3 is 2.83 bits per heavy atom. The SMILES string of the molecule is CCn1cc(CNC(C)C(=O)O)c2ccccc21. The molecule has 1 heterocycles. The number of rotatable bonds is 5. The van der Waals surface area contributed by atoms with Crippen LogP contribution in [0.1, 0.15) is 19.4 Å². The third-order valence-electron chi connectivity index (χ3n) is 3.18. The van der Waals surface area contributed by atoms with Gasteiger partial charge in [0.25, 0.3) is 0 Å². The Kier molecular flexibility index (Phi) is 3.67. The Labute approximate surface area is 106 Å². The van der Waals surface area contributed by atoms with Crippen LogP contribution in [0.25, 0.3) is 10.9 Å². The number of benzene rings is 1. The van der Waals surface area contributed by atoms with Crippen molar-refractivity contribution in [1.82, 2.24) is 9.88 Å². The van der Waals surface area contributed by atoms with Crippen LogP contribution >= 0.6 is 0 Å². The van der Waals surface area contributed by atoms with Gasteiger partial charge in [0.15, 0.2) is 0 Å². The van der Waals surface area contributed by atoms with Crippen molar-refractivity contribution in [2.24, 2.45) is 0 Å². The maximum Gasteiger partial charge on any atom is 0.320 e. The molecule has 2 rings (SSSR count). The molecular formula is C14H18N2O2. The van der Waals surface area contributed by atoms with Crippen molar-refractivity contribution in [2.45, 2.75) is 33.0 Å². The van der Waals surface area contributed by atoms with E-state index in [1.807, 2.05) is 12.1 Å². The van der Waals surface area contributed by atoms with Crippen molar-refractivity contribution in [2.75, 3.05) is 0 Å². The molecule has 4 heteroatoms. The topological polar surface area (TPSA) is 54.3 Å². The molecule has 0 amide bonds. The van der Waals surface area contributed by atoms with Gasteiger partial charge in [-0.05, 0) is 25.5 Å². The molecule has 1 unspecified atom stereocenters. The lowest BCUT2D eigenvalue weighted by Gasteiger charge is -2.07. The van der Waals surface area contributed by atoms with E-state index in [4.69, 9.17) is 5.11 Å². The third kappa shape index (κ3) is 2.38. The molecule has 0 bridgehead atoms. The Balaban J connectivity index is 2.25. The fourth-order valence-corrected chi connectivity index (χ4v) is 2.08. The number of carbonyl (C=O) groups is 1. The van der Waals surface area contributed by atoms with E-state index in [0.717, 1.165) is 12.1 Å². The zero-order valence-corrected chi connectivity index (χ0v) is 10.7. The number of fused-ring (bicyclic) bond motifs is 1. The second-order valence-electron chi connectivity index (χ2n) is 4.40. The van der Waals surface area contributed by atoms with Crippen LogP contribution in [0.5, 0.6) is 0 Å². The Morgan fingerprint density at radius 1 is 1.44 bits per heavy atom. The van der Waals surface area contributed by atoms with Crippen LogP contribution in [0.3, 0.4) is 0 Å². The summed E-state index contributed by atoms with van der Waals surface area (Å²) < 4.78 is 2.18. The number of nitrogens with zero attached hydrogens (tertiary/aromatic N) is 1. The summed E-state index contributed by atoms with van der Waals surface area (Å²) in [5.74, 6) is -0.825.